The van der Waals surface area contributed by atoms with Crippen molar-refractivity contribution in [1.29, 1.82) is 0 Å². The van der Waals surface area contributed by atoms with Gasteiger partial charge in [-0.2, -0.15) is 0 Å². The molecule has 3 rings (SSSR count). The van der Waals surface area contributed by atoms with Crippen LogP contribution in [0.2, 0.25) is 0 Å². The van der Waals surface area contributed by atoms with E-state index >= 15 is 0 Å². The zero-order chi connectivity index (χ0) is 16.1. The summed E-state index contributed by atoms with van der Waals surface area (Å²) in [4.78, 5) is 17.3. The molecule has 2 aliphatic rings. The largest absolute Gasteiger partial charge is 0.341 e. The molecule has 0 spiro atoms. The van der Waals surface area contributed by atoms with Crippen molar-refractivity contribution in [1.82, 2.24) is 9.80 Å². The summed E-state index contributed by atoms with van der Waals surface area (Å²) in [6.45, 7) is 4.78. The van der Waals surface area contributed by atoms with Gasteiger partial charge in [-0.25, -0.2) is 0 Å². The van der Waals surface area contributed by atoms with Gasteiger partial charge in [0.2, 0.25) is 5.91 Å². The van der Waals surface area contributed by atoms with Gasteiger partial charge in [0.05, 0.1) is 0 Å². The highest BCUT2D eigenvalue weighted by Crippen LogP contribution is 2.25. The summed E-state index contributed by atoms with van der Waals surface area (Å²) in [6.07, 6.45) is 5.15. The van der Waals surface area contributed by atoms with E-state index in [2.05, 4.69) is 40.1 Å². The molecule has 2 atom stereocenters. The Morgan fingerprint density at radius 1 is 1.00 bits per heavy atom. The van der Waals surface area contributed by atoms with E-state index in [-0.39, 0.29) is 36.8 Å². The van der Waals surface area contributed by atoms with E-state index in [1.165, 1.54) is 5.56 Å². The van der Waals surface area contributed by atoms with E-state index in [0.717, 1.165) is 64.8 Å². The Kier molecular flexibility index (Phi) is 9.80. The fraction of sp³-hybridized carbons (Fsp3) is 0.632. The van der Waals surface area contributed by atoms with Gasteiger partial charge in [-0.1, -0.05) is 36.8 Å². The number of benzene rings is 1. The SMILES string of the molecule is Cl.Cl.NC1CCCC(C(=O)N2CCCN(Cc3ccccc3)CC2)C1. The average Bonchev–Trinajstić information content (AvgIpc) is 2.81. The first-order valence-corrected chi connectivity index (χ1v) is 9.03. The summed E-state index contributed by atoms with van der Waals surface area (Å²) >= 11 is 0. The molecule has 2 N–H and O–H groups in total. The Morgan fingerprint density at radius 2 is 1.76 bits per heavy atom. The Labute approximate surface area is 163 Å². The van der Waals surface area contributed by atoms with Crippen LogP contribution in [-0.4, -0.2) is 47.9 Å². The van der Waals surface area contributed by atoms with Crippen LogP contribution < -0.4 is 5.73 Å². The number of hydrogen-bond acceptors (Lipinski definition) is 3. The molecule has 0 radical (unpaired) electrons. The maximum Gasteiger partial charge on any atom is 0.225 e. The average molecular weight is 388 g/mol. The van der Waals surface area contributed by atoms with Crippen LogP contribution in [0.4, 0.5) is 0 Å². The number of carbonyl (C=O) groups is 1. The molecular formula is C19H31Cl2N3O. The molecule has 6 heteroatoms. The molecule has 1 aromatic carbocycles. The predicted molar refractivity (Wildman–Crippen MR) is 107 cm³/mol. The predicted octanol–water partition coefficient (Wildman–Crippen LogP) is 3.08. The molecule has 0 bridgehead atoms. The quantitative estimate of drug-likeness (QED) is 0.866. The van der Waals surface area contributed by atoms with Gasteiger partial charge in [0, 0.05) is 44.7 Å². The molecule has 1 amide bonds. The van der Waals surface area contributed by atoms with Crippen LogP contribution in [0.25, 0.3) is 0 Å². The third-order valence-electron chi connectivity index (χ3n) is 5.21. The first-order chi connectivity index (χ1) is 11.2. The second-order valence-corrected chi connectivity index (χ2v) is 7.06. The standard InChI is InChI=1S/C19H29N3O.2ClH/c20-18-9-4-8-17(14-18)19(23)22-11-5-10-21(12-13-22)15-16-6-2-1-3-7-16;;/h1-3,6-7,17-18H,4-5,8-15,20H2;2*1H. The van der Waals surface area contributed by atoms with Gasteiger partial charge in [0.25, 0.3) is 0 Å². The van der Waals surface area contributed by atoms with E-state index < -0.39 is 0 Å². The topological polar surface area (TPSA) is 49.6 Å². The van der Waals surface area contributed by atoms with E-state index in [1.807, 2.05) is 0 Å². The maximum absolute atomic E-state index is 12.8. The number of nitrogens with two attached hydrogens (primary N) is 1. The number of halogens is 2. The lowest BCUT2D eigenvalue weighted by Crippen LogP contribution is -2.42. The van der Waals surface area contributed by atoms with Gasteiger partial charge < -0.3 is 10.6 Å². The van der Waals surface area contributed by atoms with Crippen LogP contribution in [0.15, 0.2) is 30.3 Å². The Bertz CT molecular complexity index is 515. The summed E-state index contributed by atoms with van der Waals surface area (Å²) in [7, 11) is 0. The molecule has 2 unspecified atom stereocenters. The summed E-state index contributed by atoms with van der Waals surface area (Å²) in [5, 5.41) is 0. The summed E-state index contributed by atoms with van der Waals surface area (Å²) in [5.74, 6) is 0.515. The lowest BCUT2D eigenvalue weighted by molar-refractivity contribution is -0.136. The van der Waals surface area contributed by atoms with Crippen molar-refractivity contribution in [3.8, 4) is 0 Å². The van der Waals surface area contributed by atoms with E-state index in [9.17, 15) is 4.79 Å². The molecule has 1 aromatic rings. The first-order valence-electron chi connectivity index (χ1n) is 9.03. The second-order valence-electron chi connectivity index (χ2n) is 7.06. The van der Waals surface area contributed by atoms with Crippen molar-refractivity contribution in [3.63, 3.8) is 0 Å². The van der Waals surface area contributed by atoms with Gasteiger partial charge in [-0.15, -0.1) is 24.8 Å². The lowest BCUT2D eigenvalue weighted by Gasteiger charge is -2.31. The molecule has 25 heavy (non-hydrogen) atoms. The van der Waals surface area contributed by atoms with Crippen molar-refractivity contribution in [2.45, 2.75) is 44.7 Å². The summed E-state index contributed by atoms with van der Waals surface area (Å²) in [5.41, 5.74) is 7.40. The lowest BCUT2D eigenvalue weighted by atomic mass is 9.85. The minimum absolute atomic E-state index is 0. The van der Waals surface area contributed by atoms with Gasteiger partial charge in [0.15, 0.2) is 0 Å². The molecule has 1 saturated heterocycles. The normalized spacial score (nSPS) is 24.6. The molecule has 142 valence electrons. The van der Waals surface area contributed by atoms with E-state index in [0.29, 0.717) is 5.91 Å². The van der Waals surface area contributed by atoms with Gasteiger partial charge in [-0.05, 0) is 31.2 Å². The molecule has 1 saturated carbocycles. The number of amides is 1. The van der Waals surface area contributed by atoms with Gasteiger partial charge in [-0.3, -0.25) is 9.69 Å². The minimum Gasteiger partial charge on any atom is -0.341 e. The zero-order valence-corrected chi connectivity index (χ0v) is 16.4. The Hall–Kier alpha value is -0.810. The fourth-order valence-corrected chi connectivity index (χ4v) is 3.90. The number of rotatable bonds is 3. The van der Waals surface area contributed by atoms with Crippen LogP contribution >= 0.6 is 24.8 Å². The van der Waals surface area contributed by atoms with Crippen LogP contribution in [0, 0.1) is 5.92 Å². The Morgan fingerprint density at radius 3 is 2.48 bits per heavy atom. The van der Waals surface area contributed by atoms with E-state index in [1.54, 1.807) is 0 Å². The first kappa shape index (κ1) is 22.2. The highest BCUT2D eigenvalue weighted by atomic mass is 35.5. The number of carbonyl (C=O) groups excluding carboxylic acids is 1. The fourth-order valence-electron chi connectivity index (χ4n) is 3.90. The second kappa shape index (κ2) is 11.0. The summed E-state index contributed by atoms with van der Waals surface area (Å²) < 4.78 is 0. The number of nitrogens with zero attached hydrogens (tertiary/aromatic N) is 2. The van der Waals surface area contributed by atoms with Gasteiger partial charge in [0.1, 0.15) is 0 Å². The molecule has 1 aliphatic heterocycles. The van der Waals surface area contributed by atoms with Crippen molar-refractivity contribution in [3.05, 3.63) is 35.9 Å². The third-order valence-corrected chi connectivity index (χ3v) is 5.21. The molecule has 1 heterocycles. The Balaban J connectivity index is 0.00000156. The monoisotopic (exact) mass is 387 g/mol. The molecule has 2 fully saturated rings. The minimum atomic E-state index is 0. The highest BCUT2D eigenvalue weighted by molar-refractivity contribution is 5.85. The molecule has 0 aromatic heterocycles. The third kappa shape index (κ3) is 6.45. The number of hydrogen-bond donors (Lipinski definition) is 1. The summed E-state index contributed by atoms with van der Waals surface area (Å²) in [6, 6.07) is 10.8. The van der Waals surface area contributed by atoms with Crippen LogP contribution in [-0.2, 0) is 11.3 Å². The molecule has 1 aliphatic carbocycles. The molecular weight excluding hydrogens is 357 g/mol. The van der Waals surface area contributed by atoms with Crippen LogP contribution in [0.5, 0.6) is 0 Å². The highest BCUT2D eigenvalue weighted by Gasteiger charge is 2.29. The smallest absolute Gasteiger partial charge is 0.225 e. The van der Waals surface area contributed by atoms with Crippen molar-refractivity contribution in [2.24, 2.45) is 11.7 Å². The maximum atomic E-state index is 12.8. The van der Waals surface area contributed by atoms with Crippen LogP contribution in [0.3, 0.4) is 0 Å². The zero-order valence-electron chi connectivity index (χ0n) is 14.8. The van der Waals surface area contributed by atoms with Crippen molar-refractivity contribution >= 4 is 30.7 Å². The van der Waals surface area contributed by atoms with Crippen molar-refractivity contribution < 1.29 is 4.79 Å². The van der Waals surface area contributed by atoms with Crippen LogP contribution in [0.1, 0.15) is 37.7 Å². The van der Waals surface area contributed by atoms with Gasteiger partial charge >= 0.3 is 0 Å². The van der Waals surface area contributed by atoms with E-state index in [4.69, 9.17) is 5.73 Å². The van der Waals surface area contributed by atoms with Crippen molar-refractivity contribution in [2.75, 3.05) is 26.2 Å². The molecule has 4 nitrogen and oxygen atoms in total.